The first-order chi connectivity index (χ1) is 12.7. The number of carbonyl (C=O) groups is 1. The van der Waals surface area contributed by atoms with Gasteiger partial charge in [-0.05, 0) is 24.3 Å². The molecule has 3 N–H and O–H groups in total. The van der Waals surface area contributed by atoms with Gasteiger partial charge >= 0.3 is 0 Å². The summed E-state index contributed by atoms with van der Waals surface area (Å²) >= 11 is 0. The molecule has 0 unspecified atom stereocenters. The lowest BCUT2D eigenvalue weighted by molar-refractivity contribution is 0.0952. The van der Waals surface area contributed by atoms with Crippen LogP contribution in [0.5, 0.6) is 5.88 Å². The van der Waals surface area contributed by atoms with Crippen LogP contribution in [0.25, 0.3) is 10.9 Å². The van der Waals surface area contributed by atoms with E-state index < -0.39 is 0 Å². The number of nitrogens with one attached hydrogen (secondary N) is 3. The summed E-state index contributed by atoms with van der Waals surface area (Å²) in [5.74, 6) is -0.0922. The highest BCUT2D eigenvalue weighted by molar-refractivity contribution is 6.19. The number of hydrogen-bond acceptors (Lipinski definition) is 5. The zero-order valence-electron chi connectivity index (χ0n) is 14.0. The van der Waals surface area contributed by atoms with Crippen molar-refractivity contribution in [3.63, 3.8) is 0 Å². The number of hydrazone groups is 1. The molecule has 0 aliphatic carbocycles. The molecule has 0 spiro atoms. The van der Waals surface area contributed by atoms with Crippen molar-refractivity contribution >= 4 is 28.2 Å². The van der Waals surface area contributed by atoms with Crippen LogP contribution < -0.4 is 15.5 Å². The highest BCUT2D eigenvalue weighted by Crippen LogP contribution is 2.27. The minimum absolute atomic E-state index is 0.229. The van der Waals surface area contributed by atoms with E-state index >= 15 is 0 Å². The third-order valence-corrected chi connectivity index (χ3v) is 4.19. The molecule has 1 amide bonds. The molecule has 0 saturated carbocycles. The van der Waals surface area contributed by atoms with Crippen molar-refractivity contribution in [1.82, 2.24) is 15.3 Å². The second-order valence-electron chi connectivity index (χ2n) is 5.83. The third-order valence-electron chi connectivity index (χ3n) is 4.19. The predicted molar refractivity (Wildman–Crippen MR) is 96.2 cm³/mol. The van der Waals surface area contributed by atoms with E-state index in [9.17, 15) is 9.18 Å². The van der Waals surface area contributed by atoms with E-state index in [0.29, 0.717) is 52.4 Å². The van der Waals surface area contributed by atoms with Crippen molar-refractivity contribution in [1.29, 1.82) is 0 Å². The fraction of sp³-hybridized carbons (Fsp3) is 0.167. The first-order valence-corrected chi connectivity index (χ1v) is 8.08. The number of benzene rings is 1. The highest BCUT2D eigenvalue weighted by atomic mass is 19.1. The van der Waals surface area contributed by atoms with Crippen LogP contribution in [0.3, 0.4) is 0 Å². The number of rotatable bonds is 3. The largest absolute Gasteiger partial charge is 0.481 e. The van der Waals surface area contributed by atoms with Gasteiger partial charge < -0.3 is 15.0 Å². The number of fused-ring (bicyclic) bond motifs is 3. The van der Waals surface area contributed by atoms with Gasteiger partial charge in [0.05, 0.1) is 24.7 Å². The molecule has 8 heteroatoms. The summed E-state index contributed by atoms with van der Waals surface area (Å²) in [6, 6.07) is 7.88. The summed E-state index contributed by atoms with van der Waals surface area (Å²) in [5.41, 5.74) is 5.96. The quantitative estimate of drug-likeness (QED) is 0.631. The SMILES string of the molecule is COc1ccc(NN=C2CCNC(=O)c3[nH]c4ccc(F)cc4c32)cn1. The van der Waals surface area contributed by atoms with Gasteiger partial charge in [-0.15, -0.1) is 0 Å². The molecule has 0 saturated heterocycles. The number of halogens is 1. The summed E-state index contributed by atoms with van der Waals surface area (Å²) < 4.78 is 18.8. The Kier molecular flexibility index (Phi) is 4.00. The molecule has 1 aromatic carbocycles. The van der Waals surface area contributed by atoms with Crippen molar-refractivity contribution in [3.05, 3.63) is 53.6 Å². The van der Waals surface area contributed by atoms with Crippen LogP contribution in [-0.2, 0) is 0 Å². The van der Waals surface area contributed by atoms with Gasteiger partial charge in [0.15, 0.2) is 0 Å². The van der Waals surface area contributed by atoms with Crippen LogP contribution in [0.1, 0.15) is 22.5 Å². The molecule has 1 aliphatic heterocycles. The van der Waals surface area contributed by atoms with Crippen LogP contribution in [0.4, 0.5) is 10.1 Å². The van der Waals surface area contributed by atoms with Crippen molar-refractivity contribution in [3.8, 4) is 5.88 Å². The highest BCUT2D eigenvalue weighted by Gasteiger charge is 2.25. The van der Waals surface area contributed by atoms with Gasteiger partial charge in [0, 0.05) is 35.5 Å². The number of anilines is 1. The summed E-state index contributed by atoms with van der Waals surface area (Å²) in [6.07, 6.45) is 2.11. The van der Waals surface area contributed by atoms with Gasteiger partial charge in [0.1, 0.15) is 11.5 Å². The fourth-order valence-electron chi connectivity index (χ4n) is 2.95. The monoisotopic (exact) mass is 353 g/mol. The molecule has 0 radical (unpaired) electrons. The number of carbonyl (C=O) groups excluding carboxylic acids is 1. The standard InChI is InChI=1S/C18H16FN5O2/c1-26-15-5-3-11(9-21-15)23-24-14-6-7-20-18(25)17-16(14)12-8-10(19)2-4-13(12)22-17/h2-5,8-9,22-23H,6-7H2,1H3,(H,20,25). The van der Waals surface area contributed by atoms with Crippen LogP contribution in [0, 0.1) is 5.82 Å². The smallest absolute Gasteiger partial charge is 0.268 e. The van der Waals surface area contributed by atoms with Crippen LogP contribution in [-0.4, -0.2) is 35.2 Å². The molecular weight excluding hydrogens is 337 g/mol. The zero-order valence-corrected chi connectivity index (χ0v) is 14.0. The maximum absolute atomic E-state index is 13.7. The van der Waals surface area contributed by atoms with Gasteiger partial charge in [-0.1, -0.05) is 0 Å². The van der Waals surface area contributed by atoms with Gasteiger partial charge in [-0.2, -0.15) is 5.10 Å². The first-order valence-electron chi connectivity index (χ1n) is 8.08. The average molecular weight is 353 g/mol. The topological polar surface area (TPSA) is 91.4 Å². The molecule has 132 valence electrons. The van der Waals surface area contributed by atoms with Crippen LogP contribution in [0.15, 0.2) is 41.6 Å². The Labute approximate surface area is 148 Å². The van der Waals surface area contributed by atoms with Crippen molar-refractivity contribution in [2.75, 3.05) is 19.1 Å². The Balaban J connectivity index is 1.76. The number of aromatic amines is 1. The zero-order chi connectivity index (χ0) is 18.1. The van der Waals surface area contributed by atoms with Gasteiger partial charge in [-0.3, -0.25) is 10.2 Å². The second kappa shape index (κ2) is 6.47. The molecule has 1 aliphatic rings. The van der Waals surface area contributed by atoms with Crippen molar-refractivity contribution in [2.24, 2.45) is 5.10 Å². The molecular formula is C18H16FN5O2. The Morgan fingerprint density at radius 1 is 1.31 bits per heavy atom. The normalized spacial score (nSPS) is 15.5. The Hall–Kier alpha value is -3.42. The summed E-state index contributed by atoms with van der Waals surface area (Å²) in [6.45, 7) is 0.444. The maximum atomic E-state index is 13.7. The number of pyridine rings is 1. The molecule has 3 heterocycles. The lowest BCUT2D eigenvalue weighted by Crippen LogP contribution is -2.23. The molecule has 7 nitrogen and oxygen atoms in total. The Bertz CT molecular complexity index is 1010. The van der Waals surface area contributed by atoms with E-state index in [0.717, 1.165) is 0 Å². The van der Waals surface area contributed by atoms with E-state index in [1.54, 1.807) is 31.5 Å². The maximum Gasteiger partial charge on any atom is 0.268 e. The predicted octanol–water partition coefficient (Wildman–Crippen LogP) is 2.66. The van der Waals surface area contributed by atoms with Gasteiger partial charge in [-0.25, -0.2) is 9.37 Å². The fourth-order valence-corrected chi connectivity index (χ4v) is 2.95. The van der Waals surface area contributed by atoms with E-state index in [1.165, 1.54) is 12.1 Å². The number of H-pyrrole nitrogens is 1. The number of methoxy groups -OCH3 is 1. The molecule has 3 aromatic rings. The number of ether oxygens (including phenoxy) is 1. The third kappa shape index (κ3) is 2.85. The van der Waals surface area contributed by atoms with Crippen molar-refractivity contribution in [2.45, 2.75) is 6.42 Å². The average Bonchev–Trinajstić information content (AvgIpc) is 2.95. The van der Waals surface area contributed by atoms with Gasteiger partial charge in [0.2, 0.25) is 5.88 Å². The molecule has 0 bridgehead atoms. The van der Waals surface area contributed by atoms with Gasteiger partial charge in [0.25, 0.3) is 5.91 Å². The summed E-state index contributed by atoms with van der Waals surface area (Å²) in [7, 11) is 1.54. The van der Waals surface area contributed by atoms with Crippen molar-refractivity contribution < 1.29 is 13.9 Å². The minimum atomic E-state index is -0.365. The van der Waals surface area contributed by atoms with Crippen LogP contribution >= 0.6 is 0 Å². The Morgan fingerprint density at radius 2 is 2.19 bits per heavy atom. The van der Waals surface area contributed by atoms with E-state index in [4.69, 9.17) is 4.74 Å². The van der Waals surface area contributed by atoms with E-state index in [2.05, 4.69) is 25.8 Å². The first kappa shape index (κ1) is 16.1. The second-order valence-corrected chi connectivity index (χ2v) is 5.83. The van der Waals surface area contributed by atoms with E-state index in [-0.39, 0.29) is 11.7 Å². The molecule has 0 atom stereocenters. The van der Waals surface area contributed by atoms with Crippen LogP contribution in [0.2, 0.25) is 0 Å². The molecule has 26 heavy (non-hydrogen) atoms. The lowest BCUT2D eigenvalue weighted by atomic mass is 10.0. The molecule has 4 rings (SSSR count). The number of hydrogen-bond donors (Lipinski definition) is 3. The number of nitrogens with zero attached hydrogens (tertiary/aromatic N) is 2. The summed E-state index contributed by atoms with van der Waals surface area (Å²) in [4.78, 5) is 19.5. The number of aromatic nitrogens is 2. The minimum Gasteiger partial charge on any atom is -0.481 e. The Morgan fingerprint density at radius 3 is 2.96 bits per heavy atom. The molecule has 2 aromatic heterocycles. The molecule has 0 fully saturated rings. The summed E-state index contributed by atoms with van der Waals surface area (Å²) in [5, 5.41) is 7.90. The number of amides is 1. The lowest BCUT2D eigenvalue weighted by Gasteiger charge is -2.06. The van der Waals surface area contributed by atoms with E-state index in [1.807, 2.05) is 0 Å².